The van der Waals surface area contributed by atoms with Crippen molar-refractivity contribution in [1.29, 1.82) is 0 Å². The molecular weight excluding hydrogens is 282 g/mol. The van der Waals surface area contributed by atoms with Crippen molar-refractivity contribution in [3.8, 4) is 11.5 Å². The van der Waals surface area contributed by atoms with Crippen LogP contribution in [0.2, 0.25) is 0 Å². The second-order valence-electron chi connectivity index (χ2n) is 5.40. The van der Waals surface area contributed by atoms with Crippen molar-refractivity contribution in [2.75, 3.05) is 19.9 Å². The molecule has 0 saturated carbocycles. The van der Waals surface area contributed by atoms with Crippen LogP contribution in [-0.4, -0.2) is 45.8 Å². The highest BCUT2D eigenvalue weighted by Gasteiger charge is 2.16. The molecular formula is C16H21N3O3. The van der Waals surface area contributed by atoms with Crippen LogP contribution in [-0.2, 0) is 13.1 Å². The standard InChI is InChI=1S/C16H21N3O3/c1-2-18(10-14(20)11-19-7-3-6-17-19)9-13-4-5-15-16(8-13)22-12-21-15/h3-8,14,20H,2,9-12H2,1H3/t14-/m1/s1. The van der Waals surface area contributed by atoms with Crippen molar-refractivity contribution >= 4 is 0 Å². The number of aliphatic hydroxyl groups is 1. The van der Waals surface area contributed by atoms with Crippen LogP contribution < -0.4 is 9.47 Å². The Morgan fingerprint density at radius 2 is 2.23 bits per heavy atom. The molecule has 2 heterocycles. The third-order valence-electron chi connectivity index (χ3n) is 3.72. The predicted molar refractivity (Wildman–Crippen MR) is 81.7 cm³/mol. The summed E-state index contributed by atoms with van der Waals surface area (Å²) in [5.74, 6) is 1.59. The lowest BCUT2D eigenvalue weighted by Crippen LogP contribution is -2.34. The maximum Gasteiger partial charge on any atom is 0.231 e. The van der Waals surface area contributed by atoms with E-state index in [9.17, 15) is 5.11 Å². The van der Waals surface area contributed by atoms with E-state index >= 15 is 0 Å². The monoisotopic (exact) mass is 303 g/mol. The number of aliphatic hydroxyl groups excluding tert-OH is 1. The van der Waals surface area contributed by atoms with Crippen molar-refractivity contribution in [1.82, 2.24) is 14.7 Å². The van der Waals surface area contributed by atoms with Gasteiger partial charge in [-0.15, -0.1) is 0 Å². The van der Waals surface area contributed by atoms with Crippen LogP contribution in [0.5, 0.6) is 11.5 Å². The molecule has 1 aliphatic heterocycles. The molecule has 6 heteroatoms. The Hall–Kier alpha value is -2.05. The minimum Gasteiger partial charge on any atom is -0.454 e. The Labute approximate surface area is 129 Å². The number of ether oxygens (including phenoxy) is 2. The molecule has 6 nitrogen and oxygen atoms in total. The van der Waals surface area contributed by atoms with Gasteiger partial charge in [-0.25, -0.2) is 0 Å². The average Bonchev–Trinajstić information content (AvgIpc) is 3.17. The molecule has 3 rings (SSSR count). The van der Waals surface area contributed by atoms with Crippen molar-refractivity contribution in [2.24, 2.45) is 0 Å². The van der Waals surface area contributed by atoms with Gasteiger partial charge in [-0.2, -0.15) is 5.10 Å². The highest BCUT2D eigenvalue weighted by atomic mass is 16.7. The number of rotatable bonds is 7. The van der Waals surface area contributed by atoms with Gasteiger partial charge in [-0.3, -0.25) is 9.58 Å². The van der Waals surface area contributed by atoms with Crippen LogP contribution in [0.15, 0.2) is 36.7 Å². The summed E-state index contributed by atoms with van der Waals surface area (Å²) in [7, 11) is 0. The Kier molecular flexibility index (Phi) is 4.60. The zero-order valence-corrected chi connectivity index (χ0v) is 12.7. The Bertz CT molecular complexity index is 601. The fourth-order valence-corrected chi connectivity index (χ4v) is 2.58. The maximum atomic E-state index is 10.2. The summed E-state index contributed by atoms with van der Waals surface area (Å²) in [6.07, 6.45) is 3.13. The Morgan fingerprint density at radius 3 is 3.00 bits per heavy atom. The average molecular weight is 303 g/mol. The minimum absolute atomic E-state index is 0.291. The topological polar surface area (TPSA) is 59.8 Å². The van der Waals surface area contributed by atoms with E-state index in [0.717, 1.165) is 30.2 Å². The molecule has 0 radical (unpaired) electrons. The lowest BCUT2D eigenvalue weighted by Gasteiger charge is -2.23. The van der Waals surface area contributed by atoms with Gasteiger partial charge in [0.2, 0.25) is 6.79 Å². The molecule has 22 heavy (non-hydrogen) atoms. The third-order valence-corrected chi connectivity index (χ3v) is 3.72. The van der Waals surface area contributed by atoms with E-state index in [0.29, 0.717) is 19.9 Å². The lowest BCUT2D eigenvalue weighted by molar-refractivity contribution is 0.0940. The molecule has 1 aliphatic rings. The van der Waals surface area contributed by atoms with E-state index in [4.69, 9.17) is 9.47 Å². The molecule has 1 atom stereocenters. The van der Waals surface area contributed by atoms with Gasteiger partial charge in [-0.1, -0.05) is 13.0 Å². The molecule has 1 aromatic heterocycles. The summed E-state index contributed by atoms with van der Waals surface area (Å²) in [5.41, 5.74) is 1.15. The van der Waals surface area contributed by atoms with Gasteiger partial charge in [0, 0.05) is 25.5 Å². The number of benzene rings is 1. The Morgan fingerprint density at radius 1 is 1.36 bits per heavy atom. The van der Waals surface area contributed by atoms with Crippen LogP contribution in [0.1, 0.15) is 12.5 Å². The molecule has 0 unspecified atom stereocenters. The van der Waals surface area contributed by atoms with Gasteiger partial charge < -0.3 is 14.6 Å². The Balaban J connectivity index is 1.57. The third kappa shape index (κ3) is 3.58. The SMILES string of the molecule is CCN(Cc1ccc2c(c1)OCO2)C[C@@H](O)Cn1cccn1. The van der Waals surface area contributed by atoms with Crippen LogP contribution in [0.3, 0.4) is 0 Å². The van der Waals surface area contributed by atoms with E-state index in [1.807, 2.05) is 30.5 Å². The van der Waals surface area contributed by atoms with E-state index in [2.05, 4.69) is 16.9 Å². The van der Waals surface area contributed by atoms with Gasteiger partial charge in [0.1, 0.15) is 0 Å². The molecule has 1 aromatic carbocycles. The molecule has 0 fully saturated rings. The van der Waals surface area contributed by atoms with E-state index in [-0.39, 0.29) is 0 Å². The fraction of sp³-hybridized carbons (Fsp3) is 0.438. The van der Waals surface area contributed by atoms with Crippen LogP contribution in [0.25, 0.3) is 0 Å². The number of nitrogens with zero attached hydrogens (tertiary/aromatic N) is 3. The number of hydrogen-bond donors (Lipinski definition) is 1. The molecule has 2 aromatic rings. The molecule has 0 amide bonds. The molecule has 0 aliphatic carbocycles. The normalized spacial score (nSPS) is 14.5. The summed E-state index contributed by atoms with van der Waals surface area (Å²) >= 11 is 0. The quantitative estimate of drug-likeness (QED) is 0.840. The van der Waals surface area contributed by atoms with E-state index in [1.54, 1.807) is 10.9 Å². The molecule has 0 spiro atoms. The molecule has 0 saturated heterocycles. The first-order valence-corrected chi connectivity index (χ1v) is 7.51. The first-order chi connectivity index (χ1) is 10.7. The molecule has 118 valence electrons. The predicted octanol–water partition coefficient (Wildman–Crippen LogP) is 1.49. The summed E-state index contributed by atoms with van der Waals surface area (Å²) in [5, 5.41) is 14.3. The second kappa shape index (κ2) is 6.81. The van der Waals surface area contributed by atoms with Crippen molar-refractivity contribution in [3.63, 3.8) is 0 Å². The highest BCUT2D eigenvalue weighted by Crippen LogP contribution is 2.32. The van der Waals surface area contributed by atoms with Crippen LogP contribution >= 0.6 is 0 Å². The minimum atomic E-state index is -0.450. The smallest absolute Gasteiger partial charge is 0.231 e. The highest BCUT2D eigenvalue weighted by molar-refractivity contribution is 5.44. The number of fused-ring (bicyclic) bond motifs is 1. The van der Waals surface area contributed by atoms with Gasteiger partial charge in [0.15, 0.2) is 11.5 Å². The number of aromatic nitrogens is 2. The summed E-state index contributed by atoms with van der Waals surface area (Å²) < 4.78 is 12.5. The lowest BCUT2D eigenvalue weighted by atomic mass is 10.2. The first kappa shape index (κ1) is 14.9. The summed E-state index contributed by atoms with van der Waals surface area (Å²) in [6, 6.07) is 7.84. The van der Waals surface area contributed by atoms with Crippen molar-refractivity contribution in [3.05, 3.63) is 42.2 Å². The fourth-order valence-electron chi connectivity index (χ4n) is 2.58. The van der Waals surface area contributed by atoms with Crippen molar-refractivity contribution < 1.29 is 14.6 Å². The van der Waals surface area contributed by atoms with Gasteiger partial charge >= 0.3 is 0 Å². The largest absolute Gasteiger partial charge is 0.454 e. The van der Waals surface area contributed by atoms with Gasteiger partial charge in [0.25, 0.3) is 0 Å². The van der Waals surface area contributed by atoms with Crippen LogP contribution in [0.4, 0.5) is 0 Å². The number of hydrogen-bond acceptors (Lipinski definition) is 5. The second-order valence-corrected chi connectivity index (χ2v) is 5.40. The zero-order valence-electron chi connectivity index (χ0n) is 12.7. The molecule has 0 bridgehead atoms. The summed E-state index contributed by atoms with van der Waals surface area (Å²) in [4.78, 5) is 2.20. The van der Waals surface area contributed by atoms with Gasteiger partial charge in [0.05, 0.1) is 12.6 Å². The zero-order chi connectivity index (χ0) is 15.4. The van der Waals surface area contributed by atoms with Crippen LogP contribution in [0, 0.1) is 0 Å². The maximum absolute atomic E-state index is 10.2. The first-order valence-electron chi connectivity index (χ1n) is 7.51. The molecule has 1 N–H and O–H groups in total. The number of likely N-dealkylation sites (N-methyl/N-ethyl adjacent to an activating group) is 1. The van der Waals surface area contributed by atoms with E-state index in [1.165, 1.54) is 0 Å². The van der Waals surface area contributed by atoms with Crippen molar-refractivity contribution in [2.45, 2.75) is 26.1 Å². The summed E-state index contributed by atoms with van der Waals surface area (Å²) in [6.45, 7) is 5.12. The van der Waals surface area contributed by atoms with Gasteiger partial charge in [-0.05, 0) is 30.3 Å². The van der Waals surface area contributed by atoms with E-state index < -0.39 is 6.10 Å².